The predicted molar refractivity (Wildman–Crippen MR) is 92.8 cm³/mol. The SMILES string of the molecule is O=C(NCc1ccccn1)[C@@H]1COC[C@H]2CN(C3CCOCC3)C[C@H]21. The first-order valence-corrected chi connectivity index (χ1v) is 9.38. The van der Waals surface area contributed by atoms with E-state index in [9.17, 15) is 4.79 Å². The smallest absolute Gasteiger partial charge is 0.226 e. The molecular formula is C19H27N3O3. The van der Waals surface area contributed by atoms with Gasteiger partial charge in [-0.1, -0.05) is 6.07 Å². The van der Waals surface area contributed by atoms with Gasteiger partial charge in [0.05, 0.1) is 31.4 Å². The molecule has 136 valence electrons. The van der Waals surface area contributed by atoms with Crippen LogP contribution in [0.5, 0.6) is 0 Å². The summed E-state index contributed by atoms with van der Waals surface area (Å²) in [6.07, 6.45) is 3.97. The third-order valence-electron chi connectivity index (χ3n) is 5.88. The van der Waals surface area contributed by atoms with E-state index in [2.05, 4.69) is 15.2 Å². The number of hydrogen-bond donors (Lipinski definition) is 1. The van der Waals surface area contributed by atoms with Gasteiger partial charge in [-0.2, -0.15) is 0 Å². The fraction of sp³-hybridized carbons (Fsp3) is 0.684. The molecule has 6 heteroatoms. The second-order valence-corrected chi connectivity index (χ2v) is 7.40. The molecule has 6 nitrogen and oxygen atoms in total. The van der Waals surface area contributed by atoms with Crippen molar-refractivity contribution in [1.82, 2.24) is 15.2 Å². The van der Waals surface area contributed by atoms with Crippen LogP contribution in [0.2, 0.25) is 0 Å². The summed E-state index contributed by atoms with van der Waals surface area (Å²) in [7, 11) is 0. The highest BCUT2D eigenvalue weighted by molar-refractivity contribution is 5.79. The van der Waals surface area contributed by atoms with Crippen molar-refractivity contribution < 1.29 is 14.3 Å². The van der Waals surface area contributed by atoms with Gasteiger partial charge in [-0.15, -0.1) is 0 Å². The standard InChI is InChI=1S/C19H27N3O3/c23-19(21-9-15-3-1-2-6-20-15)18-13-25-12-14-10-22(11-17(14)18)16-4-7-24-8-5-16/h1-3,6,14,16-18H,4-5,7-13H2,(H,21,23)/t14-,17-,18-/m1/s1. The second kappa shape index (κ2) is 7.81. The van der Waals surface area contributed by atoms with Crippen molar-refractivity contribution >= 4 is 5.91 Å². The van der Waals surface area contributed by atoms with E-state index in [-0.39, 0.29) is 11.8 Å². The van der Waals surface area contributed by atoms with Crippen LogP contribution < -0.4 is 5.32 Å². The van der Waals surface area contributed by atoms with Crippen molar-refractivity contribution in [1.29, 1.82) is 0 Å². The average Bonchev–Trinajstić information content (AvgIpc) is 3.12. The van der Waals surface area contributed by atoms with Crippen LogP contribution in [0.4, 0.5) is 0 Å². The van der Waals surface area contributed by atoms with Gasteiger partial charge in [0.2, 0.25) is 5.91 Å². The van der Waals surface area contributed by atoms with E-state index < -0.39 is 0 Å². The molecule has 4 heterocycles. The van der Waals surface area contributed by atoms with Crippen molar-refractivity contribution in [3.8, 4) is 0 Å². The molecule has 4 rings (SSSR count). The van der Waals surface area contributed by atoms with Crippen LogP contribution in [-0.4, -0.2) is 61.3 Å². The molecule has 1 N–H and O–H groups in total. The van der Waals surface area contributed by atoms with Gasteiger partial charge in [-0.05, 0) is 36.8 Å². The van der Waals surface area contributed by atoms with Crippen LogP contribution in [0.15, 0.2) is 24.4 Å². The first-order chi connectivity index (χ1) is 12.3. The van der Waals surface area contributed by atoms with Gasteiger partial charge in [0.1, 0.15) is 0 Å². The van der Waals surface area contributed by atoms with Gasteiger partial charge in [-0.3, -0.25) is 14.7 Å². The topological polar surface area (TPSA) is 63.7 Å². The average molecular weight is 345 g/mol. The summed E-state index contributed by atoms with van der Waals surface area (Å²) in [5, 5.41) is 3.06. The van der Waals surface area contributed by atoms with E-state index in [0.717, 1.165) is 51.4 Å². The molecule has 1 amide bonds. The summed E-state index contributed by atoms with van der Waals surface area (Å²) >= 11 is 0. The van der Waals surface area contributed by atoms with E-state index in [1.807, 2.05) is 18.2 Å². The largest absolute Gasteiger partial charge is 0.381 e. The molecule has 3 fully saturated rings. The maximum atomic E-state index is 12.7. The molecule has 1 aromatic heterocycles. The zero-order chi connectivity index (χ0) is 17.1. The molecule has 3 saturated heterocycles. The first kappa shape index (κ1) is 16.9. The molecule has 25 heavy (non-hydrogen) atoms. The lowest BCUT2D eigenvalue weighted by atomic mass is 9.82. The van der Waals surface area contributed by atoms with Gasteiger partial charge >= 0.3 is 0 Å². The lowest BCUT2D eigenvalue weighted by molar-refractivity contribution is -0.133. The number of carbonyl (C=O) groups is 1. The monoisotopic (exact) mass is 345 g/mol. The Labute approximate surface area is 148 Å². The fourth-order valence-electron chi connectivity index (χ4n) is 4.46. The molecule has 0 spiro atoms. The number of aromatic nitrogens is 1. The van der Waals surface area contributed by atoms with Gasteiger partial charge in [-0.25, -0.2) is 0 Å². The van der Waals surface area contributed by atoms with Crippen LogP contribution in [0.25, 0.3) is 0 Å². The van der Waals surface area contributed by atoms with Crippen molar-refractivity contribution in [2.24, 2.45) is 17.8 Å². The number of nitrogens with zero attached hydrogens (tertiary/aromatic N) is 2. The van der Waals surface area contributed by atoms with Gasteiger partial charge in [0.25, 0.3) is 0 Å². The number of hydrogen-bond acceptors (Lipinski definition) is 5. The van der Waals surface area contributed by atoms with E-state index in [0.29, 0.717) is 31.0 Å². The normalized spacial score (nSPS) is 30.8. The molecule has 0 aliphatic carbocycles. The van der Waals surface area contributed by atoms with Crippen LogP contribution >= 0.6 is 0 Å². The Bertz CT molecular complexity index is 577. The molecule has 0 aromatic carbocycles. The third kappa shape index (κ3) is 3.86. The van der Waals surface area contributed by atoms with Crippen LogP contribution in [-0.2, 0) is 20.8 Å². The van der Waals surface area contributed by atoms with E-state index in [1.54, 1.807) is 6.20 Å². The number of likely N-dealkylation sites (tertiary alicyclic amines) is 1. The van der Waals surface area contributed by atoms with Crippen LogP contribution in [0.1, 0.15) is 18.5 Å². The Balaban J connectivity index is 1.36. The van der Waals surface area contributed by atoms with E-state index >= 15 is 0 Å². The predicted octanol–water partition coefficient (Wildman–Crippen LogP) is 1.07. The van der Waals surface area contributed by atoms with E-state index in [4.69, 9.17) is 9.47 Å². The summed E-state index contributed by atoms with van der Waals surface area (Å²) in [6, 6.07) is 6.37. The van der Waals surface area contributed by atoms with Crippen LogP contribution in [0, 0.1) is 17.8 Å². The first-order valence-electron chi connectivity index (χ1n) is 9.38. The van der Waals surface area contributed by atoms with Crippen molar-refractivity contribution in [3.05, 3.63) is 30.1 Å². The Morgan fingerprint density at radius 3 is 2.88 bits per heavy atom. The number of carbonyl (C=O) groups excluding carboxylic acids is 1. The summed E-state index contributed by atoms with van der Waals surface area (Å²) in [5.41, 5.74) is 0.888. The quantitative estimate of drug-likeness (QED) is 0.884. The zero-order valence-electron chi connectivity index (χ0n) is 14.6. The van der Waals surface area contributed by atoms with E-state index in [1.165, 1.54) is 0 Å². The Morgan fingerprint density at radius 1 is 1.20 bits per heavy atom. The summed E-state index contributed by atoms with van der Waals surface area (Å²) in [5.74, 6) is 0.934. The minimum Gasteiger partial charge on any atom is -0.381 e. The Kier molecular flexibility index (Phi) is 5.29. The summed E-state index contributed by atoms with van der Waals surface area (Å²) < 4.78 is 11.3. The molecule has 3 atom stereocenters. The molecule has 0 saturated carbocycles. The van der Waals surface area contributed by atoms with Crippen molar-refractivity contribution in [3.63, 3.8) is 0 Å². The third-order valence-corrected chi connectivity index (χ3v) is 5.88. The number of ether oxygens (including phenoxy) is 2. The van der Waals surface area contributed by atoms with Gasteiger partial charge in [0.15, 0.2) is 0 Å². The summed E-state index contributed by atoms with van der Waals surface area (Å²) in [6.45, 7) is 5.60. The van der Waals surface area contributed by atoms with Crippen molar-refractivity contribution in [2.75, 3.05) is 39.5 Å². The number of amides is 1. The zero-order valence-corrected chi connectivity index (χ0v) is 14.6. The maximum absolute atomic E-state index is 12.7. The minimum absolute atomic E-state index is 0.0488. The second-order valence-electron chi connectivity index (χ2n) is 7.40. The molecule has 0 radical (unpaired) electrons. The highest BCUT2D eigenvalue weighted by atomic mass is 16.5. The van der Waals surface area contributed by atoms with Gasteiger partial charge < -0.3 is 14.8 Å². The fourth-order valence-corrected chi connectivity index (χ4v) is 4.46. The maximum Gasteiger partial charge on any atom is 0.226 e. The highest BCUT2D eigenvalue weighted by Gasteiger charge is 2.45. The molecular weight excluding hydrogens is 318 g/mol. The summed E-state index contributed by atoms with van der Waals surface area (Å²) in [4.78, 5) is 19.6. The lowest BCUT2D eigenvalue weighted by Crippen LogP contribution is -2.44. The minimum atomic E-state index is -0.0488. The molecule has 0 bridgehead atoms. The van der Waals surface area contributed by atoms with Crippen molar-refractivity contribution in [2.45, 2.75) is 25.4 Å². The Morgan fingerprint density at radius 2 is 2.08 bits per heavy atom. The molecule has 0 unspecified atom stereocenters. The number of rotatable bonds is 4. The number of nitrogens with one attached hydrogen (secondary N) is 1. The molecule has 1 aromatic rings. The highest BCUT2D eigenvalue weighted by Crippen LogP contribution is 2.36. The number of fused-ring (bicyclic) bond motifs is 1. The lowest BCUT2D eigenvalue weighted by Gasteiger charge is -2.32. The number of pyridine rings is 1. The molecule has 3 aliphatic rings. The Hall–Kier alpha value is -1.50. The molecule has 3 aliphatic heterocycles. The van der Waals surface area contributed by atoms with Crippen LogP contribution in [0.3, 0.4) is 0 Å². The van der Waals surface area contributed by atoms with Gasteiger partial charge in [0, 0.05) is 38.5 Å².